The third-order valence-corrected chi connectivity index (χ3v) is 3.98. The fourth-order valence-electron chi connectivity index (χ4n) is 2.01. The molecule has 0 saturated carbocycles. The monoisotopic (exact) mass is 275 g/mol. The van der Waals surface area contributed by atoms with E-state index >= 15 is 0 Å². The van der Waals surface area contributed by atoms with Gasteiger partial charge in [0.05, 0.1) is 17.2 Å². The highest BCUT2D eigenvalue weighted by atomic mass is 32.1. The van der Waals surface area contributed by atoms with Gasteiger partial charge in [0.1, 0.15) is 0 Å². The van der Waals surface area contributed by atoms with Gasteiger partial charge in [0, 0.05) is 17.1 Å². The molecule has 2 aromatic rings. The predicted octanol–water partition coefficient (Wildman–Crippen LogP) is 3.43. The number of nitrogens with zero attached hydrogens (tertiary/aromatic N) is 2. The lowest BCUT2D eigenvalue weighted by Crippen LogP contribution is -2.10. The van der Waals surface area contributed by atoms with Crippen LogP contribution in [-0.4, -0.2) is 24.0 Å². The van der Waals surface area contributed by atoms with Crippen LogP contribution >= 0.6 is 11.3 Å². The van der Waals surface area contributed by atoms with Crippen molar-refractivity contribution in [3.63, 3.8) is 0 Å². The van der Waals surface area contributed by atoms with Crippen LogP contribution in [0.1, 0.15) is 21.1 Å². The molecule has 0 atom stereocenters. The van der Waals surface area contributed by atoms with Crippen molar-refractivity contribution in [2.45, 2.75) is 26.9 Å². The van der Waals surface area contributed by atoms with Crippen molar-refractivity contribution in [3.05, 3.63) is 45.4 Å². The molecule has 19 heavy (non-hydrogen) atoms. The van der Waals surface area contributed by atoms with E-state index in [1.807, 2.05) is 0 Å². The molecule has 0 amide bonds. The molecule has 0 saturated heterocycles. The average molecular weight is 275 g/mol. The highest BCUT2D eigenvalue weighted by Gasteiger charge is 2.04. The van der Waals surface area contributed by atoms with Crippen molar-refractivity contribution < 1.29 is 0 Å². The molecule has 4 heteroatoms. The first-order chi connectivity index (χ1) is 9.04. The van der Waals surface area contributed by atoms with Gasteiger partial charge in [-0.05, 0) is 45.6 Å². The van der Waals surface area contributed by atoms with Gasteiger partial charge in [0.25, 0.3) is 0 Å². The lowest BCUT2D eigenvalue weighted by Gasteiger charge is -2.11. The normalized spacial score (nSPS) is 11.0. The quantitative estimate of drug-likeness (QED) is 0.906. The number of hydrogen-bond donors (Lipinski definition) is 1. The van der Waals surface area contributed by atoms with Gasteiger partial charge in [-0.1, -0.05) is 12.1 Å². The van der Waals surface area contributed by atoms with Crippen LogP contribution in [0.4, 0.5) is 5.69 Å². The fourth-order valence-corrected chi connectivity index (χ4v) is 2.89. The van der Waals surface area contributed by atoms with Crippen molar-refractivity contribution >= 4 is 17.0 Å². The van der Waals surface area contributed by atoms with Crippen molar-refractivity contribution in [3.8, 4) is 0 Å². The Hall–Kier alpha value is -1.39. The first-order valence-electron chi connectivity index (χ1n) is 6.45. The van der Waals surface area contributed by atoms with E-state index in [0.29, 0.717) is 0 Å². The summed E-state index contributed by atoms with van der Waals surface area (Å²) in [5, 5.41) is 4.59. The topological polar surface area (TPSA) is 28.2 Å². The Morgan fingerprint density at radius 1 is 1.16 bits per heavy atom. The Balaban J connectivity index is 1.94. The molecule has 0 radical (unpaired) electrons. The zero-order valence-corrected chi connectivity index (χ0v) is 12.8. The van der Waals surface area contributed by atoms with Crippen molar-refractivity contribution in [2.24, 2.45) is 0 Å². The molecule has 0 fully saturated rings. The number of benzene rings is 1. The minimum Gasteiger partial charge on any atom is -0.380 e. The molecule has 3 nitrogen and oxygen atoms in total. The molecule has 2 rings (SSSR count). The van der Waals surface area contributed by atoms with E-state index in [1.54, 1.807) is 11.3 Å². The van der Waals surface area contributed by atoms with Crippen molar-refractivity contribution in [1.82, 2.24) is 9.88 Å². The minimum atomic E-state index is 0.852. The van der Waals surface area contributed by atoms with E-state index in [-0.39, 0.29) is 0 Å². The van der Waals surface area contributed by atoms with Gasteiger partial charge in [-0.15, -0.1) is 11.3 Å². The Morgan fingerprint density at radius 2 is 1.84 bits per heavy atom. The molecule has 0 spiro atoms. The number of aryl methyl sites for hydroxylation is 2. The van der Waals surface area contributed by atoms with E-state index in [2.05, 4.69) is 67.4 Å². The summed E-state index contributed by atoms with van der Waals surface area (Å²) in [7, 11) is 4.17. The standard InChI is InChI=1S/C15H21N3S/c1-11-15(19-12(2)17-11)9-16-14-7-5-13(6-8-14)10-18(3)4/h5-8,16H,9-10H2,1-4H3. The van der Waals surface area contributed by atoms with E-state index in [4.69, 9.17) is 0 Å². The van der Waals surface area contributed by atoms with E-state index in [1.165, 1.54) is 10.4 Å². The predicted molar refractivity (Wildman–Crippen MR) is 82.7 cm³/mol. The van der Waals surface area contributed by atoms with Crippen LogP contribution in [0.25, 0.3) is 0 Å². The molecule has 1 N–H and O–H groups in total. The SMILES string of the molecule is Cc1nc(C)c(CNc2ccc(CN(C)C)cc2)s1. The summed E-state index contributed by atoms with van der Waals surface area (Å²) in [5.41, 5.74) is 3.63. The maximum absolute atomic E-state index is 4.44. The summed E-state index contributed by atoms with van der Waals surface area (Å²) in [6.45, 7) is 5.95. The summed E-state index contributed by atoms with van der Waals surface area (Å²) in [5.74, 6) is 0. The molecule has 0 aliphatic heterocycles. The molecule has 0 aliphatic carbocycles. The van der Waals surface area contributed by atoms with Gasteiger partial charge in [-0.2, -0.15) is 0 Å². The molecule has 0 bridgehead atoms. The average Bonchev–Trinajstić information content (AvgIpc) is 2.66. The second kappa shape index (κ2) is 6.17. The Labute approximate surface area is 119 Å². The van der Waals surface area contributed by atoms with Gasteiger partial charge in [-0.3, -0.25) is 0 Å². The lowest BCUT2D eigenvalue weighted by molar-refractivity contribution is 0.402. The molecule has 1 heterocycles. The van der Waals surface area contributed by atoms with Crippen LogP contribution in [0.5, 0.6) is 0 Å². The van der Waals surface area contributed by atoms with E-state index in [0.717, 1.165) is 29.5 Å². The van der Waals surface area contributed by atoms with Crippen LogP contribution in [-0.2, 0) is 13.1 Å². The fraction of sp³-hybridized carbons (Fsp3) is 0.400. The minimum absolute atomic E-state index is 0.852. The maximum atomic E-state index is 4.44. The van der Waals surface area contributed by atoms with E-state index < -0.39 is 0 Å². The Bertz CT molecular complexity index is 529. The molecular formula is C15H21N3S. The van der Waals surface area contributed by atoms with Crippen LogP contribution in [0.2, 0.25) is 0 Å². The number of rotatable bonds is 5. The van der Waals surface area contributed by atoms with Crippen LogP contribution in [0, 0.1) is 13.8 Å². The van der Waals surface area contributed by atoms with Gasteiger partial charge in [0.15, 0.2) is 0 Å². The summed E-state index contributed by atoms with van der Waals surface area (Å²) in [4.78, 5) is 7.93. The molecular weight excluding hydrogens is 254 g/mol. The first kappa shape index (κ1) is 14.0. The lowest BCUT2D eigenvalue weighted by atomic mass is 10.2. The summed E-state index contributed by atoms with van der Waals surface area (Å²) in [6, 6.07) is 8.63. The first-order valence-corrected chi connectivity index (χ1v) is 7.26. The molecule has 0 unspecified atom stereocenters. The van der Waals surface area contributed by atoms with Gasteiger partial charge in [0.2, 0.25) is 0 Å². The Morgan fingerprint density at radius 3 is 2.37 bits per heavy atom. The summed E-state index contributed by atoms with van der Waals surface area (Å²) < 4.78 is 0. The number of anilines is 1. The van der Waals surface area contributed by atoms with Crippen LogP contribution in [0.15, 0.2) is 24.3 Å². The number of aromatic nitrogens is 1. The van der Waals surface area contributed by atoms with Crippen molar-refractivity contribution in [1.29, 1.82) is 0 Å². The van der Waals surface area contributed by atoms with Gasteiger partial charge < -0.3 is 10.2 Å². The Kier molecular flexibility index (Phi) is 4.56. The molecule has 102 valence electrons. The third kappa shape index (κ3) is 4.04. The molecule has 1 aromatic carbocycles. The van der Waals surface area contributed by atoms with Gasteiger partial charge >= 0.3 is 0 Å². The van der Waals surface area contributed by atoms with Crippen LogP contribution < -0.4 is 5.32 Å². The molecule has 0 aliphatic rings. The van der Waals surface area contributed by atoms with Crippen LogP contribution in [0.3, 0.4) is 0 Å². The second-order valence-corrected chi connectivity index (χ2v) is 6.32. The zero-order valence-electron chi connectivity index (χ0n) is 12.0. The van der Waals surface area contributed by atoms with Crippen molar-refractivity contribution in [2.75, 3.05) is 19.4 Å². The molecule has 1 aromatic heterocycles. The number of hydrogen-bond acceptors (Lipinski definition) is 4. The summed E-state index contributed by atoms with van der Waals surface area (Å²) in [6.07, 6.45) is 0. The third-order valence-electron chi connectivity index (χ3n) is 2.91. The largest absolute Gasteiger partial charge is 0.380 e. The number of thiazole rings is 1. The van der Waals surface area contributed by atoms with E-state index in [9.17, 15) is 0 Å². The smallest absolute Gasteiger partial charge is 0.0900 e. The summed E-state index contributed by atoms with van der Waals surface area (Å²) >= 11 is 1.76. The van der Waals surface area contributed by atoms with Gasteiger partial charge in [-0.25, -0.2) is 4.98 Å². The highest BCUT2D eigenvalue weighted by Crippen LogP contribution is 2.19. The maximum Gasteiger partial charge on any atom is 0.0900 e. The second-order valence-electron chi connectivity index (χ2n) is 5.03. The number of nitrogens with one attached hydrogen (secondary N) is 1. The zero-order chi connectivity index (χ0) is 13.8. The highest BCUT2D eigenvalue weighted by molar-refractivity contribution is 7.11.